The maximum atomic E-state index is 14.3. The molecule has 1 fully saturated rings. The Labute approximate surface area is 177 Å². The van der Waals surface area contributed by atoms with E-state index in [9.17, 15) is 21.2 Å². The average Bonchev–Trinajstić information content (AvgIpc) is 3.00. The lowest BCUT2D eigenvalue weighted by molar-refractivity contribution is 0.282. The molecule has 6 nitrogen and oxygen atoms in total. The molecule has 1 N–H and O–H groups in total. The first-order valence-corrected chi connectivity index (χ1v) is 13.0. The van der Waals surface area contributed by atoms with Gasteiger partial charge in [-0.25, -0.2) is 21.2 Å². The zero-order chi connectivity index (χ0) is 22.1. The minimum Gasteiger partial charge on any atom is -0.310 e. The van der Waals surface area contributed by atoms with E-state index in [2.05, 4.69) is 5.32 Å². The van der Waals surface area contributed by atoms with Crippen LogP contribution >= 0.6 is 0 Å². The van der Waals surface area contributed by atoms with Crippen LogP contribution < -0.4 is 5.32 Å². The molecular formula is C21H27FN2O4S2. The van der Waals surface area contributed by atoms with Gasteiger partial charge in [-0.15, -0.1) is 0 Å². The molecule has 0 amide bonds. The number of sulfone groups is 2. The van der Waals surface area contributed by atoms with Crippen molar-refractivity contribution in [3.8, 4) is 0 Å². The van der Waals surface area contributed by atoms with Crippen LogP contribution in [0, 0.1) is 12.7 Å². The van der Waals surface area contributed by atoms with Crippen LogP contribution in [0.2, 0.25) is 0 Å². The topological polar surface area (TPSA) is 83.5 Å². The summed E-state index contributed by atoms with van der Waals surface area (Å²) in [5.41, 5.74) is 1.62. The summed E-state index contributed by atoms with van der Waals surface area (Å²) in [5, 5.41) is 1.92. The lowest BCUT2D eigenvalue weighted by Crippen LogP contribution is -2.46. The molecule has 3 rings (SSSR count). The zero-order valence-corrected chi connectivity index (χ0v) is 18.9. The van der Waals surface area contributed by atoms with Crippen molar-refractivity contribution in [2.45, 2.75) is 29.2 Å². The molecule has 3 atom stereocenters. The average molecular weight is 455 g/mol. The van der Waals surface area contributed by atoms with Crippen LogP contribution in [0.4, 0.5) is 4.39 Å². The molecule has 164 valence electrons. The summed E-state index contributed by atoms with van der Waals surface area (Å²) in [5.74, 6) is -1.67. The Hall–Kier alpha value is -1.81. The number of hydrogen-bond acceptors (Lipinski definition) is 6. The van der Waals surface area contributed by atoms with Crippen molar-refractivity contribution in [3.63, 3.8) is 0 Å². The third-order valence-electron chi connectivity index (χ3n) is 5.47. The molecule has 0 spiro atoms. The van der Waals surface area contributed by atoms with Crippen molar-refractivity contribution in [2.24, 2.45) is 0 Å². The molecule has 0 radical (unpaired) electrons. The maximum absolute atomic E-state index is 14.3. The number of aryl methyl sites for hydroxylation is 1. The normalized spacial score (nSPS) is 22.3. The highest BCUT2D eigenvalue weighted by Gasteiger charge is 2.46. The fraction of sp³-hybridized carbons (Fsp3) is 0.429. The van der Waals surface area contributed by atoms with Crippen molar-refractivity contribution in [1.82, 2.24) is 10.2 Å². The van der Waals surface area contributed by atoms with Gasteiger partial charge in [0, 0.05) is 18.6 Å². The van der Waals surface area contributed by atoms with Crippen LogP contribution in [-0.2, 0) is 19.7 Å². The number of halogens is 1. The van der Waals surface area contributed by atoms with Crippen molar-refractivity contribution in [1.29, 1.82) is 0 Å². The summed E-state index contributed by atoms with van der Waals surface area (Å²) in [7, 11) is -3.94. The number of hydrogen-bond donors (Lipinski definition) is 1. The molecule has 1 aliphatic heterocycles. The van der Waals surface area contributed by atoms with Gasteiger partial charge < -0.3 is 10.2 Å². The Morgan fingerprint density at radius 2 is 1.80 bits per heavy atom. The molecule has 9 heteroatoms. The van der Waals surface area contributed by atoms with E-state index < -0.39 is 47.4 Å². The van der Waals surface area contributed by atoms with Crippen molar-refractivity contribution >= 4 is 19.7 Å². The van der Waals surface area contributed by atoms with E-state index in [1.165, 1.54) is 12.1 Å². The van der Waals surface area contributed by atoms with Gasteiger partial charge in [-0.3, -0.25) is 0 Å². The van der Waals surface area contributed by atoms with Gasteiger partial charge in [0.1, 0.15) is 10.7 Å². The Balaban J connectivity index is 1.88. The third-order valence-corrected chi connectivity index (χ3v) is 9.64. The maximum Gasteiger partial charge on any atom is 0.186 e. The molecule has 1 unspecified atom stereocenters. The standard InChI is InChI=1S/C21H27FN2O4S2/c1-15-9-10-17(22)20(11-15)30(27,28)21-14-29(25,26)13-18(21)23-12-19(24(2)3)16-7-5-4-6-8-16/h4-11,18-19,21,23H,12-14H2,1-3H3/t18-,19?,21-/m0/s1. The number of likely N-dealkylation sites (N-methyl/N-ethyl adjacent to an activating group) is 1. The van der Waals surface area contributed by atoms with Crippen LogP contribution in [0.3, 0.4) is 0 Å². The van der Waals surface area contributed by atoms with Crippen LogP contribution in [0.5, 0.6) is 0 Å². The lowest BCUT2D eigenvalue weighted by Gasteiger charge is -2.28. The highest BCUT2D eigenvalue weighted by molar-refractivity contribution is 7.96. The molecule has 30 heavy (non-hydrogen) atoms. The fourth-order valence-electron chi connectivity index (χ4n) is 3.84. The molecule has 0 saturated carbocycles. The van der Waals surface area contributed by atoms with Gasteiger partial charge in [-0.1, -0.05) is 36.4 Å². The minimum absolute atomic E-state index is 0.0754. The number of benzene rings is 2. The Morgan fingerprint density at radius 3 is 2.43 bits per heavy atom. The van der Waals surface area contributed by atoms with Crippen molar-refractivity contribution in [2.75, 3.05) is 32.1 Å². The predicted molar refractivity (Wildman–Crippen MR) is 115 cm³/mol. The summed E-state index contributed by atoms with van der Waals surface area (Å²) in [4.78, 5) is 1.54. The van der Waals surface area contributed by atoms with Crippen LogP contribution in [0.1, 0.15) is 17.2 Å². The molecule has 1 aliphatic rings. The molecule has 0 bridgehead atoms. The smallest absolute Gasteiger partial charge is 0.186 e. The number of nitrogens with zero attached hydrogens (tertiary/aromatic N) is 1. The van der Waals surface area contributed by atoms with E-state index in [4.69, 9.17) is 0 Å². The van der Waals surface area contributed by atoms with Gasteiger partial charge in [0.25, 0.3) is 0 Å². The highest BCUT2D eigenvalue weighted by Crippen LogP contribution is 2.29. The predicted octanol–water partition coefficient (Wildman–Crippen LogP) is 1.97. The molecule has 2 aromatic carbocycles. The summed E-state index contributed by atoms with van der Waals surface area (Å²) < 4.78 is 65.4. The second kappa shape index (κ2) is 8.74. The van der Waals surface area contributed by atoms with Crippen molar-refractivity contribution in [3.05, 3.63) is 65.5 Å². The van der Waals surface area contributed by atoms with Crippen LogP contribution in [-0.4, -0.2) is 65.2 Å². The fourth-order valence-corrected chi connectivity index (χ4v) is 8.71. The molecule has 1 saturated heterocycles. The van der Waals surface area contributed by atoms with Gasteiger partial charge in [-0.05, 0) is 44.3 Å². The van der Waals surface area contributed by atoms with Crippen LogP contribution in [0.25, 0.3) is 0 Å². The first-order chi connectivity index (χ1) is 14.0. The van der Waals surface area contributed by atoms with Crippen LogP contribution in [0.15, 0.2) is 53.4 Å². The van der Waals surface area contributed by atoms with E-state index in [-0.39, 0.29) is 11.8 Å². The zero-order valence-electron chi connectivity index (χ0n) is 17.2. The van der Waals surface area contributed by atoms with E-state index in [0.29, 0.717) is 12.1 Å². The van der Waals surface area contributed by atoms with Gasteiger partial charge in [0.15, 0.2) is 19.7 Å². The second-order valence-corrected chi connectivity index (χ2v) is 12.3. The molecular weight excluding hydrogens is 427 g/mol. The monoisotopic (exact) mass is 454 g/mol. The summed E-state index contributed by atoms with van der Waals surface area (Å²) in [6.07, 6.45) is 0. The molecule has 0 aliphatic carbocycles. The Morgan fingerprint density at radius 1 is 1.13 bits per heavy atom. The number of rotatable bonds is 7. The lowest BCUT2D eigenvalue weighted by atomic mass is 10.1. The first kappa shape index (κ1) is 22.9. The van der Waals surface area contributed by atoms with E-state index in [1.54, 1.807) is 6.92 Å². The molecule has 0 aromatic heterocycles. The van der Waals surface area contributed by atoms with E-state index in [1.807, 2.05) is 49.3 Å². The Kier molecular flexibility index (Phi) is 6.66. The number of nitrogens with one attached hydrogen (secondary N) is 1. The van der Waals surface area contributed by atoms with Gasteiger partial charge in [-0.2, -0.15) is 0 Å². The summed E-state index contributed by atoms with van der Waals surface area (Å²) >= 11 is 0. The van der Waals surface area contributed by atoms with Gasteiger partial charge >= 0.3 is 0 Å². The largest absolute Gasteiger partial charge is 0.310 e. The highest BCUT2D eigenvalue weighted by atomic mass is 32.2. The SMILES string of the molecule is Cc1ccc(F)c(S(=O)(=O)[C@H]2CS(=O)(=O)C[C@@H]2NCC(c2ccccc2)N(C)C)c1. The summed E-state index contributed by atoms with van der Waals surface area (Å²) in [6, 6.07) is 12.6. The Bertz CT molecular complexity index is 1100. The minimum atomic E-state index is -4.18. The third kappa shape index (κ3) is 4.91. The molecule has 2 aromatic rings. The van der Waals surface area contributed by atoms with Crippen molar-refractivity contribution < 1.29 is 21.2 Å². The van der Waals surface area contributed by atoms with Gasteiger partial charge in [0.05, 0.1) is 16.8 Å². The first-order valence-electron chi connectivity index (χ1n) is 9.66. The van der Waals surface area contributed by atoms with E-state index in [0.717, 1.165) is 11.6 Å². The quantitative estimate of drug-likeness (QED) is 0.689. The molecule has 1 heterocycles. The van der Waals surface area contributed by atoms with E-state index >= 15 is 0 Å². The van der Waals surface area contributed by atoms with Gasteiger partial charge in [0.2, 0.25) is 0 Å². The second-order valence-electron chi connectivity index (χ2n) is 8.00. The summed E-state index contributed by atoms with van der Waals surface area (Å²) in [6.45, 7) is 2.03.